The van der Waals surface area contributed by atoms with Crippen molar-refractivity contribution < 1.29 is 0 Å². The van der Waals surface area contributed by atoms with Crippen LogP contribution in [0.15, 0.2) is 48.5 Å². The molecule has 0 amide bonds. The Morgan fingerprint density at radius 3 is 2.20 bits per heavy atom. The van der Waals surface area contributed by atoms with E-state index in [-0.39, 0.29) is 0 Å². The summed E-state index contributed by atoms with van der Waals surface area (Å²) in [6, 6.07) is 17.8. The fourth-order valence-corrected chi connectivity index (χ4v) is 2.72. The van der Waals surface area contributed by atoms with Gasteiger partial charge < -0.3 is 5.32 Å². The number of rotatable bonds is 6. The average molecular weight is 267 g/mol. The van der Waals surface area contributed by atoms with Crippen LogP contribution in [0.3, 0.4) is 0 Å². The maximum absolute atomic E-state index is 3.72. The fraction of sp³-hybridized carbons (Fsp3) is 0.368. The normalized spacial score (nSPS) is 12.3. The highest BCUT2D eigenvalue weighted by molar-refractivity contribution is 5.40. The molecule has 1 unspecified atom stereocenters. The van der Waals surface area contributed by atoms with Crippen molar-refractivity contribution in [2.75, 3.05) is 6.54 Å². The molecule has 1 atom stereocenters. The molecule has 20 heavy (non-hydrogen) atoms. The molecule has 2 aromatic carbocycles. The van der Waals surface area contributed by atoms with Gasteiger partial charge in [-0.05, 0) is 48.6 Å². The van der Waals surface area contributed by atoms with E-state index in [0.29, 0.717) is 6.04 Å². The molecule has 0 bridgehead atoms. The third-order valence-corrected chi connectivity index (χ3v) is 3.84. The molecule has 1 nitrogen and oxygen atoms in total. The summed E-state index contributed by atoms with van der Waals surface area (Å²) in [5.41, 5.74) is 5.59. The first-order chi connectivity index (χ1) is 9.77. The largest absolute Gasteiger partial charge is 0.306 e. The number of benzene rings is 2. The van der Waals surface area contributed by atoms with Crippen molar-refractivity contribution in [3.63, 3.8) is 0 Å². The van der Waals surface area contributed by atoms with Crippen molar-refractivity contribution in [2.45, 2.75) is 39.7 Å². The van der Waals surface area contributed by atoms with E-state index in [9.17, 15) is 0 Å². The van der Waals surface area contributed by atoms with E-state index in [0.717, 1.165) is 19.4 Å². The maximum atomic E-state index is 3.72. The number of nitrogens with one attached hydrogen (secondary N) is 1. The highest BCUT2D eigenvalue weighted by Crippen LogP contribution is 2.27. The smallest absolute Gasteiger partial charge is 0.0582 e. The topological polar surface area (TPSA) is 12.0 Å². The first-order valence-corrected chi connectivity index (χ1v) is 7.64. The lowest BCUT2D eigenvalue weighted by Gasteiger charge is -2.23. The molecule has 1 heteroatoms. The predicted octanol–water partition coefficient (Wildman–Crippen LogP) is 4.65. The molecule has 2 rings (SSSR count). The van der Waals surface area contributed by atoms with Crippen LogP contribution in [0.2, 0.25) is 0 Å². The number of hydrogen-bond acceptors (Lipinski definition) is 1. The van der Waals surface area contributed by atoms with E-state index in [1.54, 1.807) is 0 Å². The van der Waals surface area contributed by atoms with Crippen LogP contribution in [-0.2, 0) is 6.42 Å². The van der Waals surface area contributed by atoms with Crippen molar-refractivity contribution in [1.29, 1.82) is 0 Å². The molecule has 0 aliphatic heterocycles. The van der Waals surface area contributed by atoms with Gasteiger partial charge in [-0.2, -0.15) is 0 Å². The summed E-state index contributed by atoms with van der Waals surface area (Å²) < 4.78 is 0. The minimum atomic E-state index is 0.298. The second-order valence-electron chi connectivity index (χ2n) is 5.30. The summed E-state index contributed by atoms with van der Waals surface area (Å²) in [5.74, 6) is 0. The summed E-state index contributed by atoms with van der Waals surface area (Å²) in [6.45, 7) is 7.68. The summed E-state index contributed by atoms with van der Waals surface area (Å²) in [6.07, 6.45) is 2.23. The first kappa shape index (κ1) is 14.8. The summed E-state index contributed by atoms with van der Waals surface area (Å²) in [5, 5.41) is 3.72. The Balaban J connectivity index is 2.44. The van der Waals surface area contributed by atoms with Gasteiger partial charge in [0.05, 0.1) is 6.04 Å². The van der Waals surface area contributed by atoms with Crippen LogP contribution in [-0.4, -0.2) is 6.54 Å². The van der Waals surface area contributed by atoms with Gasteiger partial charge in [0.2, 0.25) is 0 Å². The van der Waals surface area contributed by atoms with Gasteiger partial charge >= 0.3 is 0 Å². The van der Waals surface area contributed by atoms with Crippen LogP contribution < -0.4 is 5.32 Å². The predicted molar refractivity (Wildman–Crippen MR) is 87.1 cm³/mol. The molecule has 0 aliphatic rings. The molecule has 0 saturated heterocycles. The molecule has 0 spiro atoms. The molecule has 0 heterocycles. The Bertz CT molecular complexity index is 545. The molecule has 2 aromatic rings. The standard InChI is InChI=1S/C19H25N/c1-4-14-20-19(17-12-8-6-10-15(17)3)18-13-9-7-11-16(18)5-2/h6-13,19-20H,4-5,14H2,1-3H3. The first-order valence-electron chi connectivity index (χ1n) is 7.64. The lowest BCUT2D eigenvalue weighted by Crippen LogP contribution is -2.24. The van der Waals surface area contributed by atoms with Gasteiger partial charge in [0.15, 0.2) is 0 Å². The molecule has 106 valence electrons. The SMILES string of the molecule is CCCNC(c1ccccc1C)c1ccccc1CC. The summed E-state index contributed by atoms with van der Waals surface area (Å²) in [4.78, 5) is 0. The highest BCUT2D eigenvalue weighted by Gasteiger charge is 2.17. The van der Waals surface area contributed by atoms with Crippen LogP contribution in [0.1, 0.15) is 48.6 Å². The fourth-order valence-electron chi connectivity index (χ4n) is 2.72. The van der Waals surface area contributed by atoms with Gasteiger partial charge in [0.25, 0.3) is 0 Å². The Morgan fingerprint density at radius 1 is 0.900 bits per heavy atom. The zero-order valence-corrected chi connectivity index (χ0v) is 12.8. The molecular weight excluding hydrogens is 242 g/mol. The van der Waals surface area contributed by atoms with Gasteiger partial charge in [-0.15, -0.1) is 0 Å². The second-order valence-corrected chi connectivity index (χ2v) is 5.30. The zero-order chi connectivity index (χ0) is 14.4. The lowest BCUT2D eigenvalue weighted by atomic mass is 9.91. The van der Waals surface area contributed by atoms with Gasteiger partial charge in [-0.3, -0.25) is 0 Å². The van der Waals surface area contributed by atoms with Crippen LogP contribution in [0, 0.1) is 6.92 Å². The lowest BCUT2D eigenvalue weighted by molar-refractivity contribution is 0.592. The van der Waals surface area contributed by atoms with Crippen LogP contribution >= 0.6 is 0 Å². The average Bonchev–Trinajstić information content (AvgIpc) is 2.49. The van der Waals surface area contributed by atoms with Gasteiger partial charge in [-0.25, -0.2) is 0 Å². The second kappa shape index (κ2) is 7.25. The molecule has 0 fully saturated rings. The summed E-state index contributed by atoms with van der Waals surface area (Å²) in [7, 11) is 0. The van der Waals surface area contributed by atoms with E-state index in [2.05, 4.69) is 74.6 Å². The molecule has 1 N–H and O–H groups in total. The number of aryl methyl sites for hydroxylation is 2. The molecule has 0 saturated carbocycles. The Kier molecular flexibility index (Phi) is 5.37. The molecule has 0 radical (unpaired) electrons. The monoisotopic (exact) mass is 267 g/mol. The third-order valence-electron chi connectivity index (χ3n) is 3.84. The van der Waals surface area contributed by atoms with Crippen LogP contribution in [0.4, 0.5) is 0 Å². The zero-order valence-electron chi connectivity index (χ0n) is 12.8. The number of hydrogen-bond donors (Lipinski definition) is 1. The molecular formula is C19H25N. The van der Waals surface area contributed by atoms with Gasteiger partial charge in [0.1, 0.15) is 0 Å². The van der Waals surface area contributed by atoms with Crippen molar-refractivity contribution in [3.8, 4) is 0 Å². The van der Waals surface area contributed by atoms with E-state index in [4.69, 9.17) is 0 Å². The van der Waals surface area contributed by atoms with Crippen molar-refractivity contribution in [2.24, 2.45) is 0 Å². The van der Waals surface area contributed by atoms with E-state index in [1.165, 1.54) is 22.3 Å². The Labute approximate surface area is 123 Å². The van der Waals surface area contributed by atoms with E-state index < -0.39 is 0 Å². The Hall–Kier alpha value is -1.60. The van der Waals surface area contributed by atoms with E-state index >= 15 is 0 Å². The minimum Gasteiger partial charge on any atom is -0.306 e. The summed E-state index contributed by atoms with van der Waals surface area (Å²) >= 11 is 0. The molecule has 0 aromatic heterocycles. The third kappa shape index (κ3) is 3.29. The quantitative estimate of drug-likeness (QED) is 0.803. The van der Waals surface area contributed by atoms with Gasteiger partial charge in [-0.1, -0.05) is 62.4 Å². The van der Waals surface area contributed by atoms with E-state index in [1.807, 2.05) is 0 Å². The maximum Gasteiger partial charge on any atom is 0.0582 e. The van der Waals surface area contributed by atoms with Crippen LogP contribution in [0.25, 0.3) is 0 Å². The van der Waals surface area contributed by atoms with Crippen molar-refractivity contribution in [1.82, 2.24) is 5.32 Å². The molecule has 0 aliphatic carbocycles. The highest BCUT2D eigenvalue weighted by atomic mass is 14.9. The minimum absolute atomic E-state index is 0.298. The van der Waals surface area contributed by atoms with Crippen molar-refractivity contribution in [3.05, 3.63) is 70.8 Å². The van der Waals surface area contributed by atoms with Gasteiger partial charge in [0, 0.05) is 0 Å². The van der Waals surface area contributed by atoms with Crippen LogP contribution in [0.5, 0.6) is 0 Å². The Morgan fingerprint density at radius 2 is 1.55 bits per heavy atom. The van der Waals surface area contributed by atoms with Crippen molar-refractivity contribution >= 4 is 0 Å².